The summed E-state index contributed by atoms with van der Waals surface area (Å²) in [7, 11) is 0. The molecule has 2 atom stereocenters. The van der Waals surface area contributed by atoms with Gasteiger partial charge in [-0.05, 0) is 36.8 Å². The Hall–Kier alpha value is -1.42. The molecule has 1 saturated carbocycles. The van der Waals surface area contributed by atoms with Crippen molar-refractivity contribution in [3.05, 3.63) is 35.6 Å². The highest BCUT2D eigenvalue weighted by Gasteiger charge is 2.25. The van der Waals surface area contributed by atoms with Crippen molar-refractivity contribution in [2.45, 2.75) is 51.0 Å². The van der Waals surface area contributed by atoms with E-state index in [2.05, 4.69) is 0 Å². The van der Waals surface area contributed by atoms with Gasteiger partial charge in [0.2, 0.25) is 0 Å². The maximum Gasteiger partial charge on any atom is 0.306 e. The molecule has 4 heteroatoms. The van der Waals surface area contributed by atoms with Crippen LogP contribution in [-0.4, -0.2) is 22.3 Å². The Bertz CT molecular complexity index is 469. The molecule has 21 heavy (non-hydrogen) atoms. The molecule has 1 aliphatic rings. The van der Waals surface area contributed by atoms with Gasteiger partial charge in [0.25, 0.3) is 0 Å². The van der Waals surface area contributed by atoms with Gasteiger partial charge in [-0.2, -0.15) is 0 Å². The third-order valence-corrected chi connectivity index (χ3v) is 4.41. The number of rotatable bonds is 7. The zero-order chi connectivity index (χ0) is 15.2. The van der Waals surface area contributed by atoms with Crippen LogP contribution in [0.3, 0.4) is 0 Å². The van der Waals surface area contributed by atoms with Crippen molar-refractivity contribution >= 4 is 5.97 Å². The lowest BCUT2D eigenvalue weighted by Crippen LogP contribution is -2.24. The van der Waals surface area contributed by atoms with Crippen molar-refractivity contribution in [2.75, 3.05) is 0 Å². The molecule has 0 heterocycles. The Kier molecular flexibility index (Phi) is 5.74. The highest BCUT2D eigenvalue weighted by molar-refractivity contribution is 5.70. The maximum atomic E-state index is 13.6. The van der Waals surface area contributed by atoms with Crippen molar-refractivity contribution in [3.8, 4) is 0 Å². The number of aliphatic hydroxyl groups excluding tert-OH is 1. The molecule has 0 radical (unpaired) electrons. The minimum Gasteiger partial charge on any atom is -0.481 e. The zero-order valence-corrected chi connectivity index (χ0v) is 12.2. The topological polar surface area (TPSA) is 57.5 Å². The predicted molar refractivity (Wildman–Crippen MR) is 78.4 cm³/mol. The predicted octanol–water partition coefficient (Wildman–Crippen LogP) is 3.40. The molecule has 0 aliphatic heterocycles. The summed E-state index contributed by atoms with van der Waals surface area (Å²) in [6, 6.07) is 6.23. The van der Waals surface area contributed by atoms with Crippen molar-refractivity contribution < 1.29 is 19.4 Å². The van der Waals surface area contributed by atoms with E-state index in [1.807, 2.05) is 0 Å². The van der Waals surface area contributed by atoms with E-state index in [1.165, 1.54) is 18.9 Å². The lowest BCUT2D eigenvalue weighted by Gasteiger charge is -2.19. The quantitative estimate of drug-likeness (QED) is 0.810. The van der Waals surface area contributed by atoms with Crippen molar-refractivity contribution in [2.24, 2.45) is 11.8 Å². The second-order valence-electron chi connectivity index (χ2n) is 6.11. The van der Waals surface area contributed by atoms with E-state index in [0.717, 1.165) is 12.8 Å². The van der Waals surface area contributed by atoms with Gasteiger partial charge in [-0.1, -0.05) is 43.9 Å². The summed E-state index contributed by atoms with van der Waals surface area (Å²) >= 11 is 0. The number of hydrogen-bond acceptors (Lipinski definition) is 2. The number of carboxylic acid groups (broad SMARTS) is 1. The van der Waals surface area contributed by atoms with Gasteiger partial charge in [-0.3, -0.25) is 4.79 Å². The smallest absolute Gasteiger partial charge is 0.306 e. The summed E-state index contributed by atoms with van der Waals surface area (Å²) in [4.78, 5) is 11.4. The number of carbonyl (C=O) groups is 1. The molecule has 1 fully saturated rings. The zero-order valence-electron chi connectivity index (χ0n) is 12.2. The molecule has 0 bridgehead atoms. The van der Waals surface area contributed by atoms with Gasteiger partial charge in [-0.15, -0.1) is 0 Å². The van der Waals surface area contributed by atoms with Gasteiger partial charge in [0, 0.05) is 0 Å². The minimum absolute atomic E-state index is 0.129. The molecule has 2 N–H and O–H groups in total. The van der Waals surface area contributed by atoms with Gasteiger partial charge < -0.3 is 10.2 Å². The molecular weight excluding hydrogens is 271 g/mol. The second-order valence-corrected chi connectivity index (χ2v) is 6.11. The molecule has 0 amide bonds. The Morgan fingerprint density at radius 2 is 1.95 bits per heavy atom. The van der Waals surface area contributed by atoms with Crippen molar-refractivity contribution in [1.29, 1.82) is 0 Å². The molecule has 1 aliphatic carbocycles. The number of halogens is 1. The van der Waals surface area contributed by atoms with Crippen LogP contribution in [0, 0.1) is 17.7 Å². The first-order valence-corrected chi connectivity index (χ1v) is 7.70. The van der Waals surface area contributed by atoms with Gasteiger partial charge in [-0.25, -0.2) is 4.39 Å². The van der Waals surface area contributed by atoms with Crippen molar-refractivity contribution in [1.82, 2.24) is 0 Å². The fourth-order valence-electron chi connectivity index (χ4n) is 3.26. The third kappa shape index (κ3) is 4.81. The van der Waals surface area contributed by atoms with Gasteiger partial charge >= 0.3 is 5.97 Å². The molecule has 0 saturated heterocycles. The van der Waals surface area contributed by atoms with Crippen LogP contribution in [0.4, 0.5) is 4.39 Å². The van der Waals surface area contributed by atoms with E-state index >= 15 is 0 Å². The maximum absolute atomic E-state index is 13.6. The highest BCUT2D eigenvalue weighted by Crippen LogP contribution is 2.30. The number of carboxylic acids is 1. The molecule has 1 aromatic rings. The van der Waals surface area contributed by atoms with E-state index in [4.69, 9.17) is 0 Å². The number of aliphatic hydroxyl groups is 1. The fourth-order valence-corrected chi connectivity index (χ4v) is 3.26. The van der Waals surface area contributed by atoms with E-state index < -0.39 is 18.0 Å². The third-order valence-electron chi connectivity index (χ3n) is 4.41. The summed E-state index contributed by atoms with van der Waals surface area (Å²) in [5.41, 5.74) is 0.401. The number of hydrogen-bond donors (Lipinski definition) is 2. The Morgan fingerprint density at radius 3 is 2.57 bits per heavy atom. The van der Waals surface area contributed by atoms with Crippen LogP contribution in [0.1, 0.15) is 44.1 Å². The lowest BCUT2D eigenvalue weighted by atomic mass is 9.89. The van der Waals surface area contributed by atoms with Crippen LogP contribution >= 0.6 is 0 Å². The highest BCUT2D eigenvalue weighted by atomic mass is 19.1. The van der Waals surface area contributed by atoms with E-state index in [0.29, 0.717) is 17.9 Å². The molecule has 116 valence electrons. The van der Waals surface area contributed by atoms with Gasteiger partial charge in [0.1, 0.15) is 5.82 Å². The number of aliphatic carboxylic acids is 1. The standard InChI is InChI=1S/C17H23FO3/c18-16-8-4-3-7-13(16)10-14(17(20)21)11-15(19)9-12-5-1-2-6-12/h3-4,7-8,12,14-15,19H,1-2,5-6,9-11H2,(H,20,21). The second kappa shape index (κ2) is 7.55. The molecule has 0 aromatic heterocycles. The first-order chi connectivity index (χ1) is 10.1. The summed E-state index contributed by atoms with van der Waals surface area (Å²) < 4.78 is 13.6. The first kappa shape index (κ1) is 16.0. The van der Waals surface area contributed by atoms with Crippen LogP contribution in [0.2, 0.25) is 0 Å². The van der Waals surface area contributed by atoms with Crippen LogP contribution in [0.25, 0.3) is 0 Å². The Labute approximate surface area is 124 Å². The Balaban J connectivity index is 1.92. The van der Waals surface area contributed by atoms with Crippen LogP contribution < -0.4 is 0 Å². The SMILES string of the molecule is O=C(O)C(Cc1ccccc1F)CC(O)CC1CCCC1. The fraction of sp³-hybridized carbons (Fsp3) is 0.588. The molecule has 1 aromatic carbocycles. The largest absolute Gasteiger partial charge is 0.481 e. The Morgan fingerprint density at radius 1 is 1.29 bits per heavy atom. The van der Waals surface area contributed by atoms with Crippen molar-refractivity contribution in [3.63, 3.8) is 0 Å². The van der Waals surface area contributed by atoms with E-state index in [-0.39, 0.29) is 18.7 Å². The summed E-state index contributed by atoms with van der Waals surface area (Å²) in [6.07, 6.45) is 5.04. The average molecular weight is 294 g/mol. The van der Waals surface area contributed by atoms with Crippen LogP contribution in [0.5, 0.6) is 0 Å². The summed E-state index contributed by atoms with van der Waals surface area (Å²) in [6.45, 7) is 0. The van der Waals surface area contributed by atoms with E-state index in [1.54, 1.807) is 18.2 Å². The van der Waals surface area contributed by atoms with Crippen LogP contribution in [-0.2, 0) is 11.2 Å². The summed E-state index contributed by atoms with van der Waals surface area (Å²) in [5, 5.41) is 19.4. The summed E-state index contributed by atoms with van der Waals surface area (Å²) in [5.74, 6) is -1.57. The molecular formula is C17H23FO3. The lowest BCUT2D eigenvalue weighted by molar-refractivity contribution is -0.142. The molecule has 3 nitrogen and oxygen atoms in total. The van der Waals surface area contributed by atoms with E-state index in [9.17, 15) is 19.4 Å². The van der Waals surface area contributed by atoms with Gasteiger partial charge in [0.05, 0.1) is 12.0 Å². The minimum atomic E-state index is -0.969. The average Bonchev–Trinajstić information content (AvgIpc) is 2.93. The number of benzene rings is 1. The normalized spacial score (nSPS) is 18.6. The monoisotopic (exact) mass is 294 g/mol. The first-order valence-electron chi connectivity index (χ1n) is 7.70. The molecule has 2 rings (SSSR count). The van der Waals surface area contributed by atoms with Gasteiger partial charge in [0.15, 0.2) is 0 Å². The molecule has 0 spiro atoms. The molecule has 2 unspecified atom stereocenters. The van der Waals surface area contributed by atoms with Crippen LogP contribution in [0.15, 0.2) is 24.3 Å².